The van der Waals surface area contributed by atoms with E-state index in [4.69, 9.17) is 23.2 Å². The summed E-state index contributed by atoms with van der Waals surface area (Å²) in [5, 5.41) is 7.90. The van der Waals surface area contributed by atoms with Crippen LogP contribution in [0.2, 0.25) is 10.0 Å². The number of carbonyl (C=O) groups excluding carboxylic acids is 2. The fourth-order valence-corrected chi connectivity index (χ4v) is 3.61. The van der Waals surface area contributed by atoms with Gasteiger partial charge in [0.2, 0.25) is 0 Å². The molecular formula is C20H16Cl2N4O2. The van der Waals surface area contributed by atoms with Crippen LogP contribution in [-0.2, 0) is 13.1 Å². The van der Waals surface area contributed by atoms with Gasteiger partial charge in [0, 0.05) is 17.1 Å². The van der Waals surface area contributed by atoms with E-state index in [-0.39, 0.29) is 11.8 Å². The summed E-state index contributed by atoms with van der Waals surface area (Å²) in [6, 6.07) is 13.9. The molecule has 6 nitrogen and oxygen atoms in total. The zero-order chi connectivity index (χ0) is 19.7. The lowest BCUT2D eigenvalue weighted by Crippen LogP contribution is -2.39. The van der Waals surface area contributed by atoms with E-state index in [9.17, 15) is 9.59 Å². The van der Waals surface area contributed by atoms with Crippen molar-refractivity contribution in [3.05, 3.63) is 81.6 Å². The minimum atomic E-state index is -0.334. The number of aromatic nitrogens is 2. The number of benzene rings is 2. The molecule has 0 radical (unpaired) electrons. The smallest absolute Gasteiger partial charge is 0.259 e. The second-order valence-corrected chi connectivity index (χ2v) is 7.24. The first-order chi connectivity index (χ1) is 13.5. The van der Waals surface area contributed by atoms with E-state index < -0.39 is 0 Å². The van der Waals surface area contributed by atoms with Gasteiger partial charge in [-0.2, -0.15) is 5.10 Å². The summed E-state index contributed by atoms with van der Waals surface area (Å²) >= 11 is 12.0. The highest BCUT2D eigenvalue weighted by Crippen LogP contribution is 2.26. The maximum atomic E-state index is 12.8. The topological polar surface area (TPSA) is 67.2 Å². The first-order valence-corrected chi connectivity index (χ1v) is 9.44. The number of nitrogens with one attached hydrogen (secondary N) is 1. The summed E-state index contributed by atoms with van der Waals surface area (Å²) in [6.45, 7) is 1.38. The van der Waals surface area contributed by atoms with Crippen molar-refractivity contribution in [1.82, 2.24) is 14.7 Å². The molecular weight excluding hydrogens is 399 g/mol. The molecule has 1 aliphatic rings. The number of hydrogen-bond acceptors (Lipinski definition) is 3. The van der Waals surface area contributed by atoms with E-state index in [0.29, 0.717) is 52.2 Å². The van der Waals surface area contributed by atoms with Crippen molar-refractivity contribution >= 4 is 40.7 Å². The van der Waals surface area contributed by atoms with Gasteiger partial charge < -0.3 is 10.2 Å². The van der Waals surface area contributed by atoms with Crippen LogP contribution in [0.1, 0.15) is 26.4 Å². The molecule has 28 heavy (non-hydrogen) atoms. The number of amides is 2. The highest BCUT2D eigenvalue weighted by atomic mass is 35.5. The molecule has 2 aromatic carbocycles. The van der Waals surface area contributed by atoms with Crippen molar-refractivity contribution in [2.75, 3.05) is 11.9 Å². The average molecular weight is 415 g/mol. The summed E-state index contributed by atoms with van der Waals surface area (Å²) in [6.07, 6.45) is 1.52. The van der Waals surface area contributed by atoms with Crippen LogP contribution in [0.3, 0.4) is 0 Å². The SMILES string of the molecule is O=C(Nc1ccc(Cl)cc1Cl)c1cnn2c1CN(C(=O)c1ccccc1)CC2. The minimum absolute atomic E-state index is 0.0693. The van der Waals surface area contributed by atoms with Crippen LogP contribution >= 0.6 is 23.2 Å². The predicted molar refractivity (Wildman–Crippen MR) is 108 cm³/mol. The molecule has 0 atom stereocenters. The highest BCUT2D eigenvalue weighted by Gasteiger charge is 2.27. The van der Waals surface area contributed by atoms with Crippen LogP contribution < -0.4 is 5.32 Å². The van der Waals surface area contributed by atoms with Gasteiger partial charge in [0.15, 0.2) is 0 Å². The Morgan fingerprint density at radius 3 is 2.57 bits per heavy atom. The Hall–Kier alpha value is -2.83. The molecule has 2 amide bonds. The number of halogens is 2. The van der Waals surface area contributed by atoms with Crippen molar-refractivity contribution in [2.24, 2.45) is 0 Å². The van der Waals surface area contributed by atoms with Gasteiger partial charge in [-0.25, -0.2) is 0 Å². The number of hydrogen-bond donors (Lipinski definition) is 1. The molecule has 2 heterocycles. The minimum Gasteiger partial charge on any atom is -0.331 e. The Morgan fingerprint density at radius 1 is 1.04 bits per heavy atom. The molecule has 1 N–H and O–H groups in total. The zero-order valence-electron chi connectivity index (χ0n) is 14.7. The van der Waals surface area contributed by atoms with E-state index >= 15 is 0 Å². The Balaban J connectivity index is 1.55. The number of nitrogens with zero attached hydrogens (tertiary/aromatic N) is 3. The van der Waals surface area contributed by atoms with Gasteiger partial charge in [0.25, 0.3) is 11.8 Å². The fourth-order valence-electron chi connectivity index (χ4n) is 3.15. The van der Waals surface area contributed by atoms with Gasteiger partial charge in [-0.05, 0) is 30.3 Å². The second-order valence-electron chi connectivity index (χ2n) is 6.40. The van der Waals surface area contributed by atoms with E-state index in [1.807, 2.05) is 18.2 Å². The number of fused-ring (bicyclic) bond motifs is 1. The zero-order valence-corrected chi connectivity index (χ0v) is 16.2. The van der Waals surface area contributed by atoms with E-state index in [0.717, 1.165) is 0 Å². The van der Waals surface area contributed by atoms with Crippen LogP contribution in [0.5, 0.6) is 0 Å². The van der Waals surface area contributed by atoms with Crippen molar-refractivity contribution in [2.45, 2.75) is 13.1 Å². The lowest BCUT2D eigenvalue weighted by Gasteiger charge is -2.28. The Morgan fingerprint density at radius 2 is 1.82 bits per heavy atom. The maximum absolute atomic E-state index is 12.8. The Labute approximate surface area is 171 Å². The number of rotatable bonds is 3. The lowest BCUT2D eigenvalue weighted by molar-refractivity contribution is 0.0703. The predicted octanol–water partition coefficient (Wildman–Crippen LogP) is 4.10. The van der Waals surface area contributed by atoms with E-state index in [1.54, 1.807) is 39.9 Å². The summed E-state index contributed by atoms with van der Waals surface area (Å²) in [4.78, 5) is 27.2. The fraction of sp³-hybridized carbons (Fsp3) is 0.150. The van der Waals surface area contributed by atoms with Gasteiger partial charge in [-0.15, -0.1) is 0 Å². The second kappa shape index (κ2) is 7.66. The molecule has 0 spiro atoms. The largest absolute Gasteiger partial charge is 0.331 e. The normalized spacial score (nSPS) is 13.1. The van der Waals surface area contributed by atoms with Gasteiger partial charge in [-0.1, -0.05) is 41.4 Å². The van der Waals surface area contributed by atoms with Crippen LogP contribution in [-0.4, -0.2) is 33.0 Å². The Kier molecular flexibility index (Phi) is 5.07. The van der Waals surface area contributed by atoms with Crippen LogP contribution in [0.15, 0.2) is 54.7 Å². The third-order valence-corrected chi connectivity index (χ3v) is 5.15. The molecule has 142 valence electrons. The van der Waals surface area contributed by atoms with E-state index in [1.165, 1.54) is 6.20 Å². The molecule has 0 saturated carbocycles. The van der Waals surface area contributed by atoms with Crippen LogP contribution in [0.25, 0.3) is 0 Å². The van der Waals surface area contributed by atoms with Crippen LogP contribution in [0.4, 0.5) is 5.69 Å². The third kappa shape index (κ3) is 3.61. The molecule has 0 bridgehead atoms. The van der Waals surface area contributed by atoms with Gasteiger partial charge in [0.05, 0.1) is 41.3 Å². The monoisotopic (exact) mass is 414 g/mol. The maximum Gasteiger partial charge on any atom is 0.259 e. The number of carbonyl (C=O) groups is 2. The quantitative estimate of drug-likeness (QED) is 0.701. The van der Waals surface area contributed by atoms with Crippen molar-refractivity contribution < 1.29 is 9.59 Å². The van der Waals surface area contributed by atoms with Crippen molar-refractivity contribution in [1.29, 1.82) is 0 Å². The molecule has 4 rings (SSSR count). The Bertz CT molecular complexity index is 1050. The summed E-state index contributed by atoms with van der Waals surface area (Å²) in [7, 11) is 0. The van der Waals surface area contributed by atoms with E-state index in [2.05, 4.69) is 10.4 Å². The van der Waals surface area contributed by atoms with Gasteiger partial charge >= 0.3 is 0 Å². The molecule has 0 unspecified atom stereocenters. The van der Waals surface area contributed by atoms with Crippen molar-refractivity contribution in [3.8, 4) is 0 Å². The molecule has 8 heteroatoms. The molecule has 1 aromatic heterocycles. The standard InChI is InChI=1S/C20H16Cl2N4O2/c21-14-6-7-17(16(22)10-14)24-19(27)15-11-23-26-9-8-25(12-18(15)26)20(28)13-4-2-1-3-5-13/h1-7,10-11H,8-9,12H2,(H,24,27). The first kappa shape index (κ1) is 18.5. The third-order valence-electron chi connectivity index (χ3n) is 4.60. The number of anilines is 1. The van der Waals surface area contributed by atoms with Gasteiger partial charge in [0.1, 0.15) is 0 Å². The van der Waals surface area contributed by atoms with Crippen LogP contribution in [0, 0.1) is 0 Å². The highest BCUT2D eigenvalue weighted by molar-refractivity contribution is 6.36. The molecule has 0 aliphatic carbocycles. The molecule has 0 saturated heterocycles. The molecule has 0 fully saturated rings. The first-order valence-electron chi connectivity index (χ1n) is 8.68. The molecule has 1 aliphatic heterocycles. The average Bonchev–Trinajstić information content (AvgIpc) is 3.13. The summed E-state index contributed by atoms with van der Waals surface area (Å²) in [5.74, 6) is -0.403. The van der Waals surface area contributed by atoms with Gasteiger partial charge in [-0.3, -0.25) is 14.3 Å². The van der Waals surface area contributed by atoms with Crippen molar-refractivity contribution in [3.63, 3.8) is 0 Å². The summed E-state index contributed by atoms with van der Waals surface area (Å²) < 4.78 is 1.76. The summed E-state index contributed by atoms with van der Waals surface area (Å²) in [5.41, 5.74) is 2.19. The molecule has 3 aromatic rings. The lowest BCUT2D eigenvalue weighted by atomic mass is 10.1.